The average Bonchev–Trinajstić information content (AvgIpc) is 3.15. The molecule has 0 aliphatic rings. The fourth-order valence-corrected chi connectivity index (χ4v) is 3.23. The van der Waals surface area contributed by atoms with Crippen LogP contribution < -0.4 is 0 Å². The predicted octanol–water partition coefficient (Wildman–Crippen LogP) is 4.46. The van der Waals surface area contributed by atoms with E-state index in [1.165, 1.54) is 4.70 Å². The highest BCUT2D eigenvalue weighted by atomic mass is 32.1. The van der Waals surface area contributed by atoms with Gasteiger partial charge in [0.2, 0.25) is 0 Å². The van der Waals surface area contributed by atoms with Crippen LogP contribution in [0.5, 0.6) is 0 Å². The van der Waals surface area contributed by atoms with E-state index in [1.54, 1.807) is 11.3 Å². The molecule has 0 saturated carbocycles. The lowest BCUT2D eigenvalue weighted by atomic mass is 10.1. The van der Waals surface area contributed by atoms with Gasteiger partial charge in [-0.15, -0.1) is 11.3 Å². The zero-order chi connectivity index (χ0) is 14.2. The normalized spacial score (nSPS) is 11.1. The molecule has 4 heteroatoms. The van der Waals surface area contributed by atoms with E-state index >= 15 is 0 Å². The Morgan fingerprint density at radius 3 is 2.57 bits per heavy atom. The monoisotopic (exact) mass is 291 g/mol. The van der Waals surface area contributed by atoms with Gasteiger partial charge in [-0.25, -0.2) is 9.97 Å². The van der Waals surface area contributed by atoms with Gasteiger partial charge in [0.15, 0.2) is 0 Å². The minimum atomic E-state index is 0.925. The molecule has 0 N–H and O–H groups in total. The number of aromatic nitrogens is 3. The van der Waals surface area contributed by atoms with E-state index < -0.39 is 0 Å². The van der Waals surface area contributed by atoms with Crippen LogP contribution in [0.25, 0.3) is 27.2 Å². The first-order chi connectivity index (χ1) is 10.3. The van der Waals surface area contributed by atoms with Crippen LogP contribution in [-0.2, 0) is 0 Å². The molecule has 0 atom stereocenters. The van der Waals surface area contributed by atoms with E-state index in [1.807, 2.05) is 48.3 Å². The van der Waals surface area contributed by atoms with E-state index in [2.05, 4.69) is 34.2 Å². The van der Waals surface area contributed by atoms with Gasteiger partial charge in [0.05, 0.1) is 15.2 Å². The summed E-state index contributed by atoms with van der Waals surface area (Å²) >= 11 is 1.73. The summed E-state index contributed by atoms with van der Waals surface area (Å²) < 4.78 is 3.23. The lowest BCUT2D eigenvalue weighted by Crippen LogP contribution is -1.93. The molecule has 1 aromatic carbocycles. The van der Waals surface area contributed by atoms with Crippen LogP contribution in [-0.4, -0.2) is 14.5 Å². The Balaban J connectivity index is 1.74. The van der Waals surface area contributed by atoms with Crippen molar-refractivity contribution in [2.45, 2.75) is 6.92 Å². The molecule has 0 fully saturated rings. The molecule has 0 bridgehead atoms. The summed E-state index contributed by atoms with van der Waals surface area (Å²) in [4.78, 5) is 9.08. The topological polar surface area (TPSA) is 30.7 Å². The van der Waals surface area contributed by atoms with Crippen LogP contribution in [0.1, 0.15) is 5.01 Å². The van der Waals surface area contributed by atoms with E-state index in [-0.39, 0.29) is 0 Å². The molecule has 0 aliphatic carbocycles. The number of thiazole rings is 1. The second-order valence-electron chi connectivity index (χ2n) is 4.91. The third-order valence-electron chi connectivity index (χ3n) is 3.44. The number of nitrogens with zero attached hydrogens (tertiary/aromatic N) is 3. The molecule has 0 amide bonds. The number of fused-ring (bicyclic) bond motifs is 1. The standard InChI is InChI=1S/C17H13N3S/c1-12-19-15-10-13(4-6-16(15)21-12)14-5-7-17(18-11-14)20-8-2-3-9-20/h2-11H,1H3. The summed E-state index contributed by atoms with van der Waals surface area (Å²) in [5, 5.41) is 1.10. The Bertz CT molecular complexity index is 890. The Hall–Kier alpha value is -2.46. The fraction of sp³-hybridized carbons (Fsp3) is 0.0588. The summed E-state index contributed by atoms with van der Waals surface area (Å²) in [5.74, 6) is 0.925. The second kappa shape index (κ2) is 4.82. The van der Waals surface area contributed by atoms with Gasteiger partial charge in [0.25, 0.3) is 0 Å². The van der Waals surface area contributed by atoms with Crippen LogP contribution >= 0.6 is 11.3 Å². The largest absolute Gasteiger partial charge is 0.309 e. The molecule has 3 heterocycles. The molecular weight excluding hydrogens is 278 g/mol. The van der Waals surface area contributed by atoms with Gasteiger partial charge >= 0.3 is 0 Å². The van der Waals surface area contributed by atoms with Gasteiger partial charge in [0.1, 0.15) is 5.82 Å². The van der Waals surface area contributed by atoms with Crippen molar-refractivity contribution in [3.63, 3.8) is 0 Å². The van der Waals surface area contributed by atoms with E-state index in [4.69, 9.17) is 0 Å². The van der Waals surface area contributed by atoms with Crippen molar-refractivity contribution in [1.82, 2.24) is 14.5 Å². The molecule has 0 saturated heterocycles. The zero-order valence-electron chi connectivity index (χ0n) is 11.5. The number of benzene rings is 1. The zero-order valence-corrected chi connectivity index (χ0v) is 12.3. The fourth-order valence-electron chi connectivity index (χ4n) is 2.42. The summed E-state index contributed by atoms with van der Waals surface area (Å²) in [7, 11) is 0. The van der Waals surface area contributed by atoms with E-state index in [0.29, 0.717) is 0 Å². The van der Waals surface area contributed by atoms with Crippen molar-refractivity contribution in [1.29, 1.82) is 0 Å². The number of rotatable bonds is 2. The maximum Gasteiger partial charge on any atom is 0.136 e. The maximum atomic E-state index is 4.55. The Kier molecular flexibility index (Phi) is 2.82. The number of hydrogen-bond donors (Lipinski definition) is 0. The smallest absolute Gasteiger partial charge is 0.136 e. The molecule has 4 aromatic rings. The SMILES string of the molecule is Cc1nc2cc(-c3ccc(-n4cccc4)nc3)ccc2s1. The lowest BCUT2D eigenvalue weighted by molar-refractivity contribution is 1.01. The van der Waals surface area contributed by atoms with Crippen molar-refractivity contribution < 1.29 is 0 Å². The molecule has 4 rings (SSSR count). The molecule has 0 unspecified atom stereocenters. The first-order valence-corrected chi connectivity index (χ1v) is 7.58. The summed E-state index contributed by atoms with van der Waals surface area (Å²) in [6, 6.07) is 14.5. The third-order valence-corrected chi connectivity index (χ3v) is 4.40. The van der Waals surface area contributed by atoms with Crippen molar-refractivity contribution in [3.8, 4) is 16.9 Å². The van der Waals surface area contributed by atoms with Gasteiger partial charge in [-0.3, -0.25) is 0 Å². The summed E-state index contributed by atoms with van der Waals surface area (Å²) in [6.07, 6.45) is 5.90. The van der Waals surface area contributed by atoms with E-state index in [9.17, 15) is 0 Å². The van der Waals surface area contributed by atoms with Crippen LogP contribution in [0.2, 0.25) is 0 Å². The number of aryl methyl sites for hydroxylation is 1. The van der Waals surface area contributed by atoms with Crippen molar-refractivity contribution >= 4 is 21.6 Å². The summed E-state index contributed by atoms with van der Waals surface area (Å²) in [6.45, 7) is 2.04. The molecule has 102 valence electrons. The minimum absolute atomic E-state index is 0.925. The Labute approximate surface area is 126 Å². The molecule has 3 aromatic heterocycles. The highest BCUT2D eigenvalue weighted by Crippen LogP contribution is 2.27. The third kappa shape index (κ3) is 2.23. The van der Waals surface area contributed by atoms with Gasteiger partial charge in [0, 0.05) is 24.2 Å². The highest BCUT2D eigenvalue weighted by molar-refractivity contribution is 7.18. The van der Waals surface area contributed by atoms with Crippen molar-refractivity contribution in [3.05, 3.63) is 66.1 Å². The van der Waals surface area contributed by atoms with Gasteiger partial charge < -0.3 is 4.57 Å². The van der Waals surface area contributed by atoms with Gasteiger partial charge in [-0.05, 0) is 48.9 Å². The second-order valence-corrected chi connectivity index (χ2v) is 6.15. The van der Waals surface area contributed by atoms with Crippen LogP contribution in [0.15, 0.2) is 61.1 Å². The van der Waals surface area contributed by atoms with Crippen molar-refractivity contribution in [2.24, 2.45) is 0 Å². The molecule has 3 nitrogen and oxygen atoms in total. The molecule has 0 aliphatic heterocycles. The molecule has 0 spiro atoms. The van der Waals surface area contributed by atoms with E-state index in [0.717, 1.165) is 27.5 Å². The quantitative estimate of drug-likeness (QED) is 0.546. The van der Waals surface area contributed by atoms with Crippen molar-refractivity contribution in [2.75, 3.05) is 0 Å². The predicted molar refractivity (Wildman–Crippen MR) is 86.9 cm³/mol. The van der Waals surface area contributed by atoms with Crippen LogP contribution in [0, 0.1) is 6.92 Å². The molecule has 21 heavy (non-hydrogen) atoms. The molecule has 0 radical (unpaired) electrons. The maximum absolute atomic E-state index is 4.55. The number of hydrogen-bond acceptors (Lipinski definition) is 3. The Morgan fingerprint density at radius 2 is 1.81 bits per heavy atom. The van der Waals surface area contributed by atoms with Crippen LogP contribution in [0.3, 0.4) is 0 Å². The average molecular weight is 291 g/mol. The first-order valence-electron chi connectivity index (χ1n) is 6.76. The minimum Gasteiger partial charge on any atom is -0.309 e. The molecular formula is C17H13N3S. The lowest BCUT2D eigenvalue weighted by Gasteiger charge is -2.04. The van der Waals surface area contributed by atoms with Gasteiger partial charge in [-0.2, -0.15) is 0 Å². The first kappa shape index (κ1) is 12.3. The summed E-state index contributed by atoms with van der Waals surface area (Å²) in [5.41, 5.74) is 3.32. The Morgan fingerprint density at radius 1 is 1.00 bits per heavy atom. The van der Waals surface area contributed by atoms with Crippen LogP contribution in [0.4, 0.5) is 0 Å². The van der Waals surface area contributed by atoms with Gasteiger partial charge in [-0.1, -0.05) is 6.07 Å². The number of pyridine rings is 1. The highest BCUT2D eigenvalue weighted by Gasteiger charge is 2.04.